The van der Waals surface area contributed by atoms with E-state index in [-0.39, 0.29) is 24.4 Å². The number of rotatable bonds is 4. The lowest BCUT2D eigenvalue weighted by molar-refractivity contribution is -0.122. The van der Waals surface area contributed by atoms with Gasteiger partial charge >= 0.3 is 0 Å². The minimum absolute atomic E-state index is 0.0471. The Morgan fingerprint density at radius 1 is 1.35 bits per heavy atom. The van der Waals surface area contributed by atoms with E-state index in [9.17, 15) is 9.90 Å². The molecule has 0 aromatic carbocycles. The van der Waals surface area contributed by atoms with Crippen molar-refractivity contribution in [3.05, 3.63) is 54.5 Å². The van der Waals surface area contributed by atoms with Gasteiger partial charge in [0.05, 0.1) is 42.3 Å². The van der Waals surface area contributed by atoms with Crippen LogP contribution in [0.3, 0.4) is 0 Å². The van der Waals surface area contributed by atoms with Crippen molar-refractivity contribution in [1.29, 1.82) is 0 Å². The summed E-state index contributed by atoms with van der Waals surface area (Å²) in [5.74, 6) is -0.0888. The summed E-state index contributed by atoms with van der Waals surface area (Å²) < 4.78 is 3.87. The molecule has 4 rings (SSSR count). The number of pyridine rings is 1. The van der Waals surface area contributed by atoms with E-state index in [1.807, 2.05) is 46.5 Å². The van der Waals surface area contributed by atoms with Crippen LogP contribution in [0.4, 0.5) is 0 Å². The third-order valence-electron chi connectivity index (χ3n) is 5.23. The van der Waals surface area contributed by atoms with E-state index in [1.165, 1.54) is 0 Å². The van der Waals surface area contributed by atoms with E-state index in [4.69, 9.17) is 0 Å². The number of nitrogens with zero attached hydrogens (tertiary/aromatic N) is 4. The number of carbonyl (C=O) groups excluding carboxylic acids is 1. The zero-order valence-corrected chi connectivity index (χ0v) is 14.7. The molecule has 1 fully saturated rings. The second-order valence-corrected chi connectivity index (χ2v) is 6.92. The zero-order chi connectivity index (χ0) is 18.1. The molecule has 3 heterocycles. The molecule has 7 nitrogen and oxygen atoms in total. The summed E-state index contributed by atoms with van der Waals surface area (Å²) in [6.45, 7) is 1.92. The molecule has 0 bridgehead atoms. The highest BCUT2D eigenvalue weighted by Gasteiger charge is 2.33. The van der Waals surface area contributed by atoms with E-state index in [0.717, 1.165) is 36.3 Å². The highest BCUT2D eigenvalue weighted by Crippen LogP contribution is 2.29. The van der Waals surface area contributed by atoms with Crippen molar-refractivity contribution in [3.63, 3.8) is 0 Å². The standard InChI is InChI=1S/C19H23N5O2/c1-13-16(24-9-3-2-7-17(24)21-13)11-18(25)22-14-5-4-6-15(19(14)26)23-10-8-20-12-23/h2-3,7-10,12,14-15,19,26H,4-6,11H2,1H3,(H,22,25)/t14-,15-,19-/m1/s1. The summed E-state index contributed by atoms with van der Waals surface area (Å²) in [5, 5.41) is 13.7. The van der Waals surface area contributed by atoms with Crippen molar-refractivity contribution in [2.45, 2.75) is 50.8 Å². The molecule has 1 saturated carbocycles. The van der Waals surface area contributed by atoms with Crippen LogP contribution < -0.4 is 5.32 Å². The fourth-order valence-electron chi connectivity index (χ4n) is 3.89. The van der Waals surface area contributed by atoms with Gasteiger partial charge in [-0.05, 0) is 38.3 Å². The monoisotopic (exact) mass is 353 g/mol. The van der Waals surface area contributed by atoms with E-state index < -0.39 is 6.10 Å². The molecule has 1 aliphatic rings. The Bertz CT molecular complexity index is 902. The van der Waals surface area contributed by atoms with Crippen molar-refractivity contribution in [2.24, 2.45) is 0 Å². The Morgan fingerprint density at radius 2 is 2.23 bits per heavy atom. The van der Waals surface area contributed by atoms with E-state index in [0.29, 0.717) is 0 Å². The first-order valence-electron chi connectivity index (χ1n) is 9.01. The van der Waals surface area contributed by atoms with Crippen molar-refractivity contribution in [2.75, 3.05) is 0 Å². The number of aliphatic hydroxyl groups is 1. The number of aromatic nitrogens is 4. The van der Waals surface area contributed by atoms with Crippen LogP contribution in [-0.4, -0.2) is 42.1 Å². The maximum Gasteiger partial charge on any atom is 0.226 e. The number of hydrogen-bond donors (Lipinski definition) is 2. The molecular formula is C19H23N5O2. The van der Waals surface area contributed by atoms with Crippen molar-refractivity contribution in [1.82, 2.24) is 24.3 Å². The van der Waals surface area contributed by atoms with Gasteiger partial charge in [-0.15, -0.1) is 0 Å². The Kier molecular flexibility index (Phi) is 4.46. The molecule has 0 unspecified atom stereocenters. The number of amides is 1. The maximum absolute atomic E-state index is 12.6. The van der Waals surface area contributed by atoms with Gasteiger partial charge in [0, 0.05) is 18.6 Å². The third kappa shape index (κ3) is 3.10. The van der Waals surface area contributed by atoms with Crippen LogP contribution in [0.5, 0.6) is 0 Å². The van der Waals surface area contributed by atoms with Crippen LogP contribution in [0.2, 0.25) is 0 Å². The van der Waals surface area contributed by atoms with Gasteiger partial charge in [0.15, 0.2) is 0 Å². The van der Waals surface area contributed by atoms with Gasteiger partial charge in [-0.1, -0.05) is 6.07 Å². The van der Waals surface area contributed by atoms with Gasteiger partial charge in [0.2, 0.25) is 5.91 Å². The smallest absolute Gasteiger partial charge is 0.226 e. The van der Waals surface area contributed by atoms with Gasteiger partial charge < -0.3 is 19.4 Å². The maximum atomic E-state index is 12.6. The number of nitrogens with one attached hydrogen (secondary N) is 1. The molecule has 3 aromatic rings. The summed E-state index contributed by atoms with van der Waals surface area (Å²) in [5.41, 5.74) is 2.58. The first kappa shape index (κ1) is 16.8. The summed E-state index contributed by atoms with van der Waals surface area (Å²) in [7, 11) is 0. The molecular weight excluding hydrogens is 330 g/mol. The number of fused-ring (bicyclic) bond motifs is 1. The van der Waals surface area contributed by atoms with Crippen LogP contribution in [0, 0.1) is 6.92 Å². The normalized spacial score (nSPS) is 23.2. The van der Waals surface area contributed by atoms with Crippen molar-refractivity contribution < 1.29 is 9.90 Å². The SMILES string of the molecule is Cc1nc2ccccn2c1CC(=O)N[C@@H]1CCC[C@@H](n2ccnc2)[C@@H]1O. The van der Waals surface area contributed by atoms with Crippen molar-refractivity contribution in [3.8, 4) is 0 Å². The topological polar surface area (TPSA) is 84.5 Å². The largest absolute Gasteiger partial charge is 0.389 e. The predicted octanol–water partition coefficient (Wildman–Crippen LogP) is 1.65. The van der Waals surface area contributed by atoms with Crippen LogP contribution in [-0.2, 0) is 11.2 Å². The van der Waals surface area contributed by atoms with Crippen LogP contribution in [0.1, 0.15) is 36.7 Å². The molecule has 0 spiro atoms. The summed E-state index contributed by atoms with van der Waals surface area (Å²) in [4.78, 5) is 21.2. The second kappa shape index (κ2) is 6.92. The Morgan fingerprint density at radius 3 is 3.04 bits per heavy atom. The Labute approximate surface area is 151 Å². The molecule has 7 heteroatoms. The molecule has 1 aliphatic carbocycles. The lowest BCUT2D eigenvalue weighted by atomic mass is 9.87. The second-order valence-electron chi connectivity index (χ2n) is 6.92. The average Bonchev–Trinajstić information content (AvgIpc) is 3.26. The summed E-state index contributed by atoms with van der Waals surface area (Å²) >= 11 is 0. The quantitative estimate of drug-likeness (QED) is 0.747. The zero-order valence-electron chi connectivity index (χ0n) is 14.7. The fourth-order valence-corrected chi connectivity index (χ4v) is 3.89. The summed E-state index contributed by atoms with van der Waals surface area (Å²) in [6, 6.07) is 5.49. The van der Waals surface area contributed by atoms with Gasteiger partial charge in [-0.2, -0.15) is 0 Å². The molecule has 0 aliphatic heterocycles. The minimum Gasteiger partial charge on any atom is -0.389 e. The lowest BCUT2D eigenvalue weighted by Gasteiger charge is -2.35. The van der Waals surface area contributed by atoms with Gasteiger partial charge in [0.25, 0.3) is 0 Å². The predicted molar refractivity (Wildman–Crippen MR) is 96.7 cm³/mol. The number of imidazole rings is 2. The minimum atomic E-state index is -0.620. The molecule has 26 heavy (non-hydrogen) atoms. The molecule has 136 valence electrons. The Hall–Kier alpha value is -2.67. The highest BCUT2D eigenvalue weighted by atomic mass is 16.3. The van der Waals surface area contributed by atoms with Gasteiger partial charge in [-0.25, -0.2) is 9.97 Å². The van der Waals surface area contributed by atoms with Gasteiger partial charge in [-0.3, -0.25) is 4.79 Å². The highest BCUT2D eigenvalue weighted by molar-refractivity contribution is 5.79. The van der Waals surface area contributed by atoms with Crippen LogP contribution in [0.15, 0.2) is 43.1 Å². The first-order chi connectivity index (χ1) is 12.6. The molecule has 0 radical (unpaired) electrons. The summed E-state index contributed by atoms with van der Waals surface area (Å²) in [6.07, 6.45) is 9.46. The van der Waals surface area contributed by atoms with Crippen LogP contribution in [0.25, 0.3) is 5.65 Å². The van der Waals surface area contributed by atoms with Gasteiger partial charge in [0.1, 0.15) is 5.65 Å². The van der Waals surface area contributed by atoms with Crippen LogP contribution >= 0.6 is 0 Å². The Balaban J connectivity index is 1.46. The number of carbonyl (C=O) groups is 1. The van der Waals surface area contributed by atoms with E-state index >= 15 is 0 Å². The first-order valence-corrected chi connectivity index (χ1v) is 9.01. The van der Waals surface area contributed by atoms with Crippen molar-refractivity contribution >= 4 is 11.6 Å². The molecule has 3 atom stereocenters. The number of hydrogen-bond acceptors (Lipinski definition) is 4. The molecule has 3 aromatic heterocycles. The molecule has 1 amide bonds. The number of aliphatic hydroxyl groups excluding tert-OH is 1. The molecule has 0 saturated heterocycles. The van der Waals surface area contributed by atoms with E-state index in [1.54, 1.807) is 12.5 Å². The van der Waals surface area contributed by atoms with E-state index in [2.05, 4.69) is 15.3 Å². The third-order valence-corrected chi connectivity index (χ3v) is 5.23. The fraction of sp³-hybridized carbons (Fsp3) is 0.421. The lowest BCUT2D eigenvalue weighted by Crippen LogP contribution is -2.49. The number of aryl methyl sites for hydroxylation is 1. The molecule has 2 N–H and O–H groups in total. The average molecular weight is 353 g/mol.